The second kappa shape index (κ2) is 6.36. The Hall–Kier alpha value is -2.11. The number of amides is 1. The normalized spacial score (nSPS) is 10.8. The SMILES string of the molecule is CN(C)C(=O)CCNS(=O)(=O)c1ccc(C#N)cc1N. The Morgan fingerprint density at radius 1 is 1.45 bits per heavy atom. The number of nitrogens with two attached hydrogens (primary N) is 1. The van der Waals surface area contributed by atoms with Crippen LogP contribution in [0.5, 0.6) is 0 Å². The zero-order chi connectivity index (χ0) is 15.3. The Labute approximate surface area is 118 Å². The molecule has 0 spiro atoms. The van der Waals surface area contributed by atoms with Crippen LogP contribution in [0.1, 0.15) is 12.0 Å². The van der Waals surface area contributed by atoms with Crippen molar-refractivity contribution in [2.24, 2.45) is 0 Å². The van der Waals surface area contributed by atoms with E-state index in [4.69, 9.17) is 11.0 Å². The van der Waals surface area contributed by atoms with E-state index < -0.39 is 10.0 Å². The molecule has 1 aromatic rings. The van der Waals surface area contributed by atoms with Crippen molar-refractivity contribution in [2.75, 3.05) is 26.4 Å². The number of carbonyl (C=O) groups is 1. The van der Waals surface area contributed by atoms with Gasteiger partial charge in [0.25, 0.3) is 0 Å². The summed E-state index contributed by atoms with van der Waals surface area (Å²) in [7, 11) is -0.607. The average Bonchev–Trinajstić information content (AvgIpc) is 2.37. The predicted octanol–water partition coefficient (Wildman–Crippen LogP) is -0.103. The number of rotatable bonds is 5. The van der Waals surface area contributed by atoms with Crippen molar-refractivity contribution < 1.29 is 13.2 Å². The Bertz CT molecular complexity index is 647. The van der Waals surface area contributed by atoms with Crippen LogP contribution in [-0.2, 0) is 14.8 Å². The topological polar surface area (TPSA) is 116 Å². The second-order valence-corrected chi connectivity index (χ2v) is 6.04. The first-order chi connectivity index (χ1) is 9.27. The lowest BCUT2D eigenvalue weighted by Gasteiger charge is -2.11. The van der Waals surface area contributed by atoms with Crippen LogP contribution < -0.4 is 10.5 Å². The van der Waals surface area contributed by atoms with Crippen LogP contribution in [0, 0.1) is 11.3 Å². The molecule has 3 N–H and O–H groups in total. The molecule has 0 aliphatic heterocycles. The maximum atomic E-state index is 12.0. The molecule has 0 saturated heterocycles. The molecule has 0 aliphatic rings. The van der Waals surface area contributed by atoms with E-state index in [9.17, 15) is 13.2 Å². The molecule has 20 heavy (non-hydrogen) atoms. The van der Waals surface area contributed by atoms with E-state index >= 15 is 0 Å². The minimum absolute atomic E-state index is 0.00418. The summed E-state index contributed by atoms with van der Waals surface area (Å²) in [5.41, 5.74) is 5.89. The van der Waals surface area contributed by atoms with Crippen molar-refractivity contribution in [1.82, 2.24) is 9.62 Å². The lowest BCUT2D eigenvalue weighted by atomic mass is 10.2. The minimum Gasteiger partial charge on any atom is -0.398 e. The van der Waals surface area contributed by atoms with Gasteiger partial charge >= 0.3 is 0 Å². The summed E-state index contributed by atoms with van der Waals surface area (Å²) in [6, 6.07) is 5.80. The highest BCUT2D eigenvalue weighted by Crippen LogP contribution is 2.19. The van der Waals surface area contributed by atoms with Gasteiger partial charge in [0.2, 0.25) is 15.9 Å². The fourth-order valence-electron chi connectivity index (χ4n) is 1.46. The lowest BCUT2D eigenvalue weighted by Crippen LogP contribution is -2.30. The molecule has 0 atom stereocenters. The summed E-state index contributed by atoms with van der Waals surface area (Å²) in [5, 5.41) is 8.70. The number of carbonyl (C=O) groups excluding carboxylic acids is 1. The molecule has 1 aromatic carbocycles. The Morgan fingerprint density at radius 2 is 2.10 bits per heavy atom. The van der Waals surface area contributed by atoms with E-state index in [0.29, 0.717) is 0 Å². The maximum Gasteiger partial charge on any atom is 0.242 e. The molecule has 108 valence electrons. The molecule has 8 heteroatoms. The molecule has 0 radical (unpaired) electrons. The Morgan fingerprint density at radius 3 is 2.60 bits per heavy atom. The van der Waals surface area contributed by atoms with Gasteiger partial charge in [0, 0.05) is 27.1 Å². The van der Waals surface area contributed by atoms with Crippen molar-refractivity contribution in [3.05, 3.63) is 23.8 Å². The quantitative estimate of drug-likeness (QED) is 0.736. The molecule has 0 heterocycles. The van der Waals surface area contributed by atoms with Crippen LogP contribution in [-0.4, -0.2) is 39.9 Å². The lowest BCUT2D eigenvalue weighted by molar-refractivity contribution is -0.128. The van der Waals surface area contributed by atoms with Crippen molar-refractivity contribution in [2.45, 2.75) is 11.3 Å². The fraction of sp³-hybridized carbons (Fsp3) is 0.333. The first kappa shape index (κ1) is 15.9. The number of nitrogens with zero attached hydrogens (tertiary/aromatic N) is 2. The zero-order valence-electron chi connectivity index (χ0n) is 11.3. The molecule has 0 aromatic heterocycles. The number of nitriles is 1. The zero-order valence-corrected chi connectivity index (χ0v) is 12.1. The molecule has 7 nitrogen and oxygen atoms in total. The Balaban J connectivity index is 2.80. The van der Waals surface area contributed by atoms with Crippen LogP contribution in [0.25, 0.3) is 0 Å². The van der Waals surface area contributed by atoms with Crippen molar-refractivity contribution >= 4 is 21.6 Å². The third-order valence-electron chi connectivity index (χ3n) is 2.56. The van der Waals surface area contributed by atoms with Crippen molar-refractivity contribution in [1.29, 1.82) is 5.26 Å². The standard InChI is InChI=1S/C12H16N4O3S/c1-16(2)12(17)5-6-15-20(18,19)11-4-3-9(8-13)7-10(11)14/h3-4,7,15H,5-6,14H2,1-2H3. The van der Waals surface area contributed by atoms with Gasteiger partial charge in [0.15, 0.2) is 0 Å². The molecule has 0 bridgehead atoms. The average molecular weight is 296 g/mol. The highest BCUT2D eigenvalue weighted by Gasteiger charge is 2.18. The molecule has 0 aliphatic carbocycles. The molecule has 1 rings (SSSR count). The van der Waals surface area contributed by atoms with Crippen LogP contribution >= 0.6 is 0 Å². The summed E-state index contributed by atoms with van der Waals surface area (Å²) >= 11 is 0. The first-order valence-electron chi connectivity index (χ1n) is 5.77. The summed E-state index contributed by atoms with van der Waals surface area (Å²) < 4.78 is 26.3. The second-order valence-electron chi connectivity index (χ2n) is 4.30. The first-order valence-corrected chi connectivity index (χ1v) is 7.25. The number of hydrogen-bond donors (Lipinski definition) is 2. The monoisotopic (exact) mass is 296 g/mol. The smallest absolute Gasteiger partial charge is 0.242 e. The highest BCUT2D eigenvalue weighted by atomic mass is 32.2. The largest absolute Gasteiger partial charge is 0.398 e. The van der Waals surface area contributed by atoms with Gasteiger partial charge in [-0.1, -0.05) is 0 Å². The third-order valence-corrected chi connectivity index (χ3v) is 4.09. The van der Waals surface area contributed by atoms with Gasteiger partial charge < -0.3 is 10.6 Å². The minimum atomic E-state index is -3.79. The number of anilines is 1. The van der Waals surface area contributed by atoms with E-state index in [0.717, 1.165) is 0 Å². The molecule has 0 fully saturated rings. The van der Waals surface area contributed by atoms with Gasteiger partial charge in [-0.3, -0.25) is 4.79 Å². The molecule has 0 unspecified atom stereocenters. The van der Waals surface area contributed by atoms with Gasteiger partial charge in [0.05, 0.1) is 17.3 Å². The molecular formula is C12H16N4O3S. The number of hydrogen-bond acceptors (Lipinski definition) is 5. The van der Waals surface area contributed by atoms with Crippen LogP contribution in [0.4, 0.5) is 5.69 Å². The van der Waals surface area contributed by atoms with Gasteiger partial charge in [0.1, 0.15) is 4.90 Å². The highest BCUT2D eigenvalue weighted by molar-refractivity contribution is 7.89. The van der Waals surface area contributed by atoms with Crippen LogP contribution in [0.15, 0.2) is 23.1 Å². The van der Waals surface area contributed by atoms with Gasteiger partial charge in [-0.15, -0.1) is 0 Å². The van der Waals surface area contributed by atoms with E-state index in [-0.39, 0.29) is 35.0 Å². The molecule has 0 saturated carbocycles. The Kier molecular flexibility index (Phi) is 5.07. The van der Waals surface area contributed by atoms with E-state index in [2.05, 4.69) is 4.72 Å². The van der Waals surface area contributed by atoms with Gasteiger partial charge in [-0.2, -0.15) is 5.26 Å². The number of sulfonamides is 1. The summed E-state index contributed by atoms with van der Waals surface area (Å²) in [6.07, 6.45) is 0.0580. The summed E-state index contributed by atoms with van der Waals surface area (Å²) in [4.78, 5) is 12.6. The van der Waals surface area contributed by atoms with E-state index in [1.807, 2.05) is 6.07 Å². The van der Waals surface area contributed by atoms with Crippen LogP contribution in [0.2, 0.25) is 0 Å². The van der Waals surface area contributed by atoms with Gasteiger partial charge in [-0.25, -0.2) is 13.1 Å². The van der Waals surface area contributed by atoms with E-state index in [1.165, 1.54) is 23.1 Å². The number of nitrogens with one attached hydrogen (secondary N) is 1. The predicted molar refractivity (Wildman–Crippen MR) is 74.1 cm³/mol. The molecular weight excluding hydrogens is 280 g/mol. The summed E-state index contributed by atoms with van der Waals surface area (Å²) in [5.74, 6) is -0.180. The van der Waals surface area contributed by atoms with Crippen molar-refractivity contribution in [3.8, 4) is 6.07 Å². The number of nitrogen functional groups attached to an aromatic ring is 1. The van der Waals surface area contributed by atoms with E-state index in [1.54, 1.807) is 14.1 Å². The summed E-state index contributed by atoms with van der Waals surface area (Å²) in [6.45, 7) is -0.0151. The number of benzene rings is 1. The maximum absolute atomic E-state index is 12.0. The third kappa shape index (κ3) is 3.94. The fourth-order valence-corrected chi connectivity index (χ4v) is 2.60. The van der Waals surface area contributed by atoms with Crippen molar-refractivity contribution in [3.63, 3.8) is 0 Å². The van der Waals surface area contributed by atoms with Gasteiger partial charge in [-0.05, 0) is 18.2 Å². The molecule has 1 amide bonds. The van der Waals surface area contributed by atoms with Crippen LogP contribution in [0.3, 0.4) is 0 Å².